The Morgan fingerprint density at radius 1 is 1.00 bits per heavy atom. The zero-order valence-electron chi connectivity index (χ0n) is 11.6. The van der Waals surface area contributed by atoms with Gasteiger partial charge >= 0.3 is 18.0 Å². The molecule has 1 aromatic heterocycles. The lowest BCUT2D eigenvalue weighted by atomic mass is 9.91. The highest BCUT2D eigenvalue weighted by Crippen LogP contribution is 2.53. The van der Waals surface area contributed by atoms with Crippen molar-refractivity contribution in [2.75, 3.05) is 0 Å². The molecule has 23 heavy (non-hydrogen) atoms. The van der Waals surface area contributed by atoms with Crippen molar-refractivity contribution in [2.45, 2.75) is 24.9 Å². The minimum absolute atomic E-state index is 0.00329. The van der Waals surface area contributed by atoms with Crippen LogP contribution >= 0.6 is 12.2 Å². The van der Waals surface area contributed by atoms with Crippen LogP contribution in [0.15, 0.2) is 12.1 Å². The Morgan fingerprint density at radius 2 is 1.52 bits per heavy atom. The molecule has 0 amide bonds. The summed E-state index contributed by atoms with van der Waals surface area (Å²) in [4.78, 5) is 0. The number of hydrogen-bond donors (Lipinski definition) is 0. The number of nitrogens with zero attached hydrogens (tertiary/aromatic N) is 3. The molecule has 0 fully saturated rings. The first-order chi connectivity index (χ1) is 10.3. The Kier molecular flexibility index (Phi) is 3.91. The van der Waals surface area contributed by atoms with Gasteiger partial charge in [-0.25, -0.2) is 9.07 Å². The van der Waals surface area contributed by atoms with Gasteiger partial charge in [0, 0.05) is 18.0 Å². The number of hydrogen-bond acceptors (Lipinski definition) is 3. The summed E-state index contributed by atoms with van der Waals surface area (Å²) in [7, 11) is 1.31. The van der Waals surface area contributed by atoms with Crippen molar-refractivity contribution in [3.8, 4) is 0 Å². The van der Waals surface area contributed by atoms with Crippen LogP contribution in [0.25, 0.3) is 10.9 Å². The first-order valence-electron chi connectivity index (χ1n) is 5.98. The van der Waals surface area contributed by atoms with Crippen molar-refractivity contribution in [1.82, 2.24) is 15.0 Å². The molecular formula is C12H8F7N3S. The van der Waals surface area contributed by atoms with Crippen LogP contribution < -0.4 is 0 Å². The molecule has 0 spiro atoms. The van der Waals surface area contributed by atoms with Gasteiger partial charge in [0.2, 0.25) is 0 Å². The molecule has 0 N–H and O–H groups in total. The van der Waals surface area contributed by atoms with Crippen molar-refractivity contribution in [3.05, 3.63) is 27.9 Å². The minimum atomic E-state index is -6.18. The molecule has 3 nitrogen and oxygen atoms in total. The summed E-state index contributed by atoms with van der Waals surface area (Å²) < 4.78 is 92.0. The highest BCUT2D eigenvalue weighted by atomic mass is 32.1. The van der Waals surface area contributed by atoms with Gasteiger partial charge in [-0.1, -0.05) is 17.4 Å². The van der Waals surface area contributed by atoms with Crippen molar-refractivity contribution >= 4 is 23.1 Å². The van der Waals surface area contributed by atoms with Crippen molar-refractivity contribution < 1.29 is 30.7 Å². The molecule has 0 radical (unpaired) electrons. The standard InChI is InChI=1S/C12H8F7N3S/c1-5-3-6(10(13,11(14,15)16)12(17,18)19)4-7-8(5)20-21-22(2)9(7)23/h3-4H,1-2H3. The van der Waals surface area contributed by atoms with Crippen LogP contribution in [-0.2, 0) is 12.7 Å². The van der Waals surface area contributed by atoms with Gasteiger partial charge in [-0.15, -0.1) is 5.10 Å². The van der Waals surface area contributed by atoms with Gasteiger partial charge in [-0.2, -0.15) is 26.3 Å². The van der Waals surface area contributed by atoms with Crippen molar-refractivity contribution in [3.63, 3.8) is 0 Å². The monoisotopic (exact) mass is 359 g/mol. The first kappa shape index (κ1) is 17.6. The second kappa shape index (κ2) is 5.11. The van der Waals surface area contributed by atoms with Gasteiger partial charge < -0.3 is 0 Å². The lowest BCUT2D eigenvalue weighted by Crippen LogP contribution is -2.50. The summed E-state index contributed by atoms with van der Waals surface area (Å²) in [5.74, 6) is 0. The molecule has 1 aromatic carbocycles. The quantitative estimate of drug-likeness (QED) is 0.562. The van der Waals surface area contributed by atoms with Gasteiger partial charge in [-0.3, -0.25) is 0 Å². The van der Waals surface area contributed by atoms with E-state index in [0.717, 1.165) is 4.68 Å². The molecule has 0 bridgehead atoms. The van der Waals surface area contributed by atoms with E-state index in [4.69, 9.17) is 12.2 Å². The number of rotatable bonds is 1. The Bertz CT molecular complexity index is 808. The highest BCUT2D eigenvalue weighted by molar-refractivity contribution is 7.71. The van der Waals surface area contributed by atoms with Gasteiger partial charge in [0.15, 0.2) is 0 Å². The fourth-order valence-electron chi connectivity index (χ4n) is 2.09. The number of aromatic nitrogens is 3. The van der Waals surface area contributed by atoms with Crippen LogP contribution in [0.1, 0.15) is 11.1 Å². The summed E-state index contributed by atoms with van der Waals surface area (Å²) in [6.07, 6.45) is -12.4. The maximum atomic E-state index is 14.2. The zero-order chi connectivity index (χ0) is 17.8. The van der Waals surface area contributed by atoms with E-state index in [9.17, 15) is 30.7 Å². The minimum Gasteiger partial charge on any atom is -0.238 e. The van der Waals surface area contributed by atoms with E-state index in [2.05, 4.69) is 10.3 Å². The second-order valence-electron chi connectivity index (χ2n) is 4.86. The van der Waals surface area contributed by atoms with Crippen LogP contribution in [0.2, 0.25) is 0 Å². The summed E-state index contributed by atoms with van der Waals surface area (Å²) in [5, 5.41) is 7.01. The van der Waals surface area contributed by atoms with Gasteiger partial charge in [0.1, 0.15) is 10.2 Å². The summed E-state index contributed by atoms with van der Waals surface area (Å²) in [6.45, 7) is 1.20. The third-order valence-corrected chi connectivity index (χ3v) is 3.77. The van der Waals surface area contributed by atoms with Gasteiger partial charge in [0.25, 0.3) is 0 Å². The third kappa shape index (κ3) is 2.56. The summed E-state index contributed by atoms with van der Waals surface area (Å²) >= 11 is 4.90. The van der Waals surface area contributed by atoms with E-state index in [1.165, 1.54) is 14.0 Å². The number of benzene rings is 1. The van der Waals surface area contributed by atoms with Gasteiger partial charge in [-0.05, 0) is 24.6 Å². The topological polar surface area (TPSA) is 30.7 Å². The average molecular weight is 359 g/mol. The van der Waals surface area contributed by atoms with Crippen LogP contribution in [0.3, 0.4) is 0 Å². The molecule has 2 rings (SSSR count). The molecule has 126 valence electrons. The fraction of sp³-hybridized carbons (Fsp3) is 0.417. The lowest BCUT2D eigenvalue weighted by Gasteiger charge is -2.30. The average Bonchev–Trinajstić information content (AvgIpc) is 2.39. The van der Waals surface area contributed by atoms with Crippen molar-refractivity contribution in [2.24, 2.45) is 7.05 Å². The molecular weight excluding hydrogens is 351 g/mol. The Hall–Kier alpha value is -1.78. The summed E-state index contributed by atoms with van der Waals surface area (Å²) in [6, 6.07) is 0.868. The Morgan fingerprint density at radius 3 is 2.00 bits per heavy atom. The lowest BCUT2D eigenvalue weighted by molar-refractivity contribution is -0.348. The molecule has 0 saturated heterocycles. The van der Waals surface area contributed by atoms with Crippen LogP contribution in [0, 0.1) is 11.6 Å². The van der Waals surface area contributed by atoms with E-state index in [-0.39, 0.29) is 21.1 Å². The van der Waals surface area contributed by atoms with E-state index >= 15 is 0 Å². The molecule has 0 unspecified atom stereocenters. The highest BCUT2D eigenvalue weighted by Gasteiger charge is 2.73. The van der Waals surface area contributed by atoms with Crippen LogP contribution in [-0.4, -0.2) is 27.3 Å². The molecule has 2 aromatic rings. The normalized spacial score (nSPS) is 13.6. The molecule has 0 saturated carbocycles. The third-order valence-electron chi connectivity index (χ3n) is 3.28. The number of aryl methyl sites for hydroxylation is 2. The largest absolute Gasteiger partial charge is 0.435 e. The number of alkyl halides is 7. The predicted molar refractivity (Wildman–Crippen MR) is 69.0 cm³/mol. The molecule has 0 aliphatic heterocycles. The molecule has 1 heterocycles. The zero-order valence-corrected chi connectivity index (χ0v) is 12.4. The summed E-state index contributed by atoms with van der Waals surface area (Å²) in [5.41, 5.74) is -7.21. The first-order valence-corrected chi connectivity index (χ1v) is 6.38. The molecule has 0 atom stereocenters. The fourth-order valence-corrected chi connectivity index (χ4v) is 2.28. The van der Waals surface area contributed by atoms with Crippen LogP contribution in [0.4, 0.5) is 30.7 Å². The smallest absolute Gasteiger partial charge is 0.238 e. The SMILES string of the molecule is Cc1cc(C(F)(C(F)(F)F)C(F)(F)F)cc2c(=S)n(C)nnc12. The second-order valence-corrected chi connectivity index (χ2v) is 5.25. The Labute approximate surface area is 129 Å². The molecule has 11 heteroatoms. The van der Waals surface area contributed by atoms with E-state index in [1.807, 2.05) is 0 Å². The molecule has 0 aliphatic carbocycles. The number of fused-ring (bicyclic) bond motifs is 1. The number of halogens is 7. The predicted octanol–water partition coefficient (Wildman–Crippen LogP) is 4.30. The molecule has 0 aliphatic rings. The van der Waals surface area contributed by atoms with Crippen molar-refractivity contribution in [1.29, 1.82) is 0 Å². The van der Waals surface area contributed by atoms with E-state index < -0.39 is 23.6 Å². The van der Waals surface area contributed by atoms with E-state index in [0.29, 0.717) is 12.1 Å². The van der Waals surface area contributed by atoms with Gasteiger partial charge in [0.05, 0.1) is 0 Å². The van der Waals surface area contributed by atoms with Crippen LogP contribution in [0.5, 0.6) is 0 Å². The Balaban J connectivity index is 2.92. The maximum absolute atomic E-state index is 14.2. The van der Waals surface area contributed by atoms with E-state index in [1.54, 1.807) is 0 Å². The maximum Gasteiger partial charge on any atom is 0.435 e.